The predicted octanol–water partition coefficient (Wildman–Crippen LogP) is 3.73. The molecule has 0 bridgehead atoms. The Kier molecular flexibility index (Phi) is 5.68. The lowest BCUT2D eigenvalue weighted by Gasteiger charge is -2.13. The van der Waals surface area contributed by atoms with Crippen LogP contribution in [0.5, 0.6) is 5.75 Å². The van der Waals surface area contributed by atoms with Gasteiger partial charge in [-0.2, -0.15) is 4.68 Å². The molecule has 0 fully saturated rings. The van der Waals surface area contributed by atoms with E-state index in [4.69, 9.17) is 4.74 Å². The Morgan fingerprint density at radius 3 is 2.46 bits per heavy atom. The number of aryl methyl sites for hydroxylation is 1. The number of tetrazole rings is 1. The Balaban J connectivity index is 1.81. The summed E-state index contributed by atoms with van der Waals surface area (Å²) in [4.78, 5) is 12.9. The van der Waals surface area contributed by atoms with Crippen molar-refractivity contribution >= 4 is 17.5 Å². The third-order valence-electron chi connectivity index (χ3n) is 4.00. The highest BCUT2D eigenvalue weighted by Crippen LogP contribution is 2.28. The molecule has 1 aromatic heterocycles. The van der Waals surface area contributed by atoms with E-state index in [2.05, 4.69) is 15.5 Å². The SMILES string of the molecule is CCC(Sc1nnnn1-c1ccc(C)cc1)C(=O)c1ccc(OC)cc1. The predicted molar refractivity (Wildman–Crippen MR) is 101 cm³/mol. The van der Waals surface area contributed by atoms with E-state index in [-0.39, 0.29) is 11.0 Å². The zero-order chi connectivity index (χ0) is 18.5. The summed E-state index contributed by atoms with van der Waals surface area (Å²) in [6.07, 6.45) is 0.677. The number of rotatable bonds is 7. The van der Waals surface area contributed by atoms with Crippen LogP contribution in [-0.2, 0) is 0 Å². The van der Waals surface area contributed by atoms with Crippen molar-refractivity contribution in [3.05, 3.63) is 59.7 Å². The molecule has 1 unspecified atom stereocenters. The first kappa shape index (κ1) is 18.1. The van der Waals surface area contributed by atoms with E-state index in [0.717, 1.165) is 17.0 Å². The molecule has 26 heavy (non-hydrogen) atoms. The maximum absolute atomic E-state index is 12.9. The number of nitrogens with zero attached hydrogens (tertiary/aromatic N) is 4. The van der Waals surface area contributed by atoms with Gasteiger partial charge in [-0.25, -0.2) is 0 Å². The molecule has 0 aliphatic carbocycles. The smallest absolute Gasteiger partial charge is 0.214 e. The van der Waals surface area contributed by atoms with Gasteiger partial charge >= 0.3 is 0 Å². The number of benzene rings is 2. The molecule has 0 saturated heterocycles. The molecule has 1 heterocycles. The normalized spacial score (nSPS) is 12.0. The molecule has 3 rings (SSSR count). The molecule has 0 radical (unpaired) electrons. The van der Waals surface area contributed by atoms with Crippen LogP contribution in [0.2, 0.25) is 0 Å². The lowest BCUT2D eigenvalue weighted by molar-refractivity contribution is 0.0988. The van der Waals surface area contributed by atoms with Crippen LogP contribution in [0.25, 0.3) is 5.69 Å². The summed E-state index contributed by atoms with van der Waals surface area (Å²) in [6.45, 7) is 4.01. The second-order valence-corrected chi connectivity index (χ2v) is 6.99. The van der Waals surface area contributed by atoms with Crippen LogP contribution < -0.4 is 4.74 Å². The number of carbonyl (C=O) groups excluding carboxylic acids is 1. The van der Waals surface area contributed by atoms with Crippen LogP contribution in [-0.4, -0.2) is 38.4 Å². The monoisotopic (exact) mass is 368 g/mol. The maximum atomic E-state index is 12.9. The van der Waals surface area contributed by atoms with E-state index in [1.165, 1.54) is 11.8 Å². The van der Waals surface area contributed by atoms with Crippen molar-refractivity contribution in [2.24, 2.45) is 0 Å². The van der Waals surface area contributed by atoms with Gasteiger partial charge in [0.25, 0.3) is 0 Å². The van der Waals surface area contributed by atoms with Crippen molar-refractivity contribution in [3.63, 3.8) is 0 Å². The first-order chi connectivity index (χ1) is 12.6. The second kappa shape index (κ2) is 8.14. The van der Waals surface area contributed by atoms with E-state index < -0.39 is 0 Å². The molecule has 6 nitrogen and oxygen atoms in total. The first-order valence-corrected chi connectivity index (χ1v) is 9.20. The summed E-state index contributed by atoms with van der Waals surface area (Å²) in [5, 5.41) is 12.3. The van der Waals surface area contributed by atoms with Crippen LogP contribution in [0.3, 0.4) is 0 Å². The van der Waals surface area contributed by atoms with Gasteiger partial charge in [-0.15, -0.1) is 5.10 Å². The average Bonchev–Trinajstić information content (AvgIpc) is 3.14. The minimum atomic E-state index is -0.265. The number of thioether (sulfide) groups is 1. The number of aromatic nitrogens is 4. The number of ether oxygens (including phenoxy) is 1. The van der Waals surface area contributed by atoms with E-state index in [1.54, 1.807) is 36.1 Å². The van der Waals surface area contributed by atoms with Gasteiger partial charge in [0.1, 0.15) is 5.75 Å². The summed E-state index contributed by atoms with van der Waals surface area (Å²) in [5.41, 5.74) is 2.69. The van der Waals surface area contributed by atoms with Gasteiger partial charge < -0.3 is 4.74 Å². The largest absolute Gasteiger partial charge is 0.497 e. The number of carbonyl (C=O) groups is 1. The zero-order valence-electron chi connectivity index (χ0n) is 14.9. The van der Waals surface area contributed by atoms with Crippen molar-refractivity contribution < 1.29 is 9.53 Å². The van der Waals surface area contributed by atoms with E-state index >= 15 is 0 Å². The summed E-state index contributed by atoms with van der Waals surface area (Å²) >= 11 is 1.38. The first-order valence-electron chi connectivity index (χ1n) is 8.32. The van der Waals surface area contributed by atoms with Crippen molar-refractivity contribution in [1.29, 1.82) is 0 Å². The fourth-order valence-corrected chi connectivity index (χ4v) is 3.48. The van der Waals surface area contributed by atoms with Gasteiger partial charge in [0, 0.05) is 5.56 Å². The fraction of sp³-hybridized carbons (Fsp3) is 0.263. The van der Waals surface area contributed by atoms with Crippen molar-refractivity contribution in [3.8, 4) is 11.4 Å². The molecule has 1 atom stereocenters. The van der Waals surface area contributed by atoms with E-state index in [1.807, 2.05) is 38.1 Å². The highest BCUT2D eigenvalue weighted by atomic mass is 32.2. The van der Waals surface area contributed by atoms with Gasteiger partial charge in [0.15, 0.2) is 5.78 Å². The van der Waals surface area contributed by atoms with Crippen LogP contribution >= 0.6 is 11.8 Å². The van der Waals surface area contributed by atoms with E-state index in [9.17, 15) is 4.79 Å². The molecular weight excluding hydrogens is 348 g/mol. The van der Waals surface area contributed by atoms with Gasteiger partial charge in [0.2, 0.25) is 5.16 Å². The quantitative estimate of drug-likeness (QED) is 0.467. The summed E-state index contributed by atoms with van der Waals surface area (Å²) in [5.74, 6) is 0.782. The highest BCUT2D eigenvalue weighted by molar-refractivity contribution is 8.00. The van der Waals surface area contributed by atoms with Crippen LogP contribution in [0.1, 0.15) is 29.3 Å². The van der Waals surface area contributed by atoms with Crippen molar-refractivity contribution in [2.45, 2.75) is 30.7 Å². The fourth-order valence-electron chi connectivity index (χ4n) is 2.49. The number of hydrogen-bond acceptors (Lipinski definition) is 6. The topological polar surface area (TPSA) is 69.9 Å². The molecular formula is C19H20N4O2S. The number of hydrogen-bond donors (Lipinski definition) is 0. The Morgan fingerprint density at radius 1 is 1.15 bits per heavy atom. The molecule has 0 N–H and O–H groups in total. The summed E-state index contributed by atoms with van der Waals surface area (Å²) in [7, 11) is 1.60. The Bertz CT molecular complexity index is 875. The molecule has 0 aliphatic heterocycles. The number of ketones is 1. The lowest BCUT2D eigenvalue weighted by atomic mass is 10.1. The Morgan fingerprint density at radius 2 is 1.85 bits per heavy atom. The van der Waals surface area contributed by atoms with Gasteiger partial charge in [-0.3, -0.25) is 4.79 Å². The van der Waals surface area contributed by atoms with Crippen LogP contribution in [0.15, 0.2) is 53.7 Å². The minimum Gasteiger partial charge on any atom is -0.497 e. The molecule has 0 saturated carbocycles. The summed E-state index contributed by atoms with van der Waals surface area (Å²) in [6, 6.07) is 15.1. The third-order valence-corrected chi connectivity index (χ3v) is 5.30. The molecule has 134 valence electrons. The average molecular weight is 368 g/mol. The molecule has 7 heteroatoms. The molecule has 3 aromatic rings. The summed E-state index contributed by atoms with van der Waals surface area (Å²) < 4.78 is 6.81. The lowest BCUT2D eigenvalue weighted by Crippen LogP contribution is -2.17. The standard InChI is InChI=1S/C19H20N4O2S/c1-4-17(18(24)14-7-11-16(25-3)12-8-14)26-19-20-21-22-23(19)15-9-5-13(2)6-10-15/h5-12,17H,4H2,1-3H3. The Hall–Kier alpha value is -2.67. The molecule has 0 aliphatic rings. The number of methoxy groups -OCH3 is 1. The van der Waals surface area contributed by atoms with Crippen molar-refractivity contribution in [1.82, 2.24) is 20.2 Å². The molecule has 0 spiro atoms. The van der Waals surface area contributed by atoms with Gasteiger partial charge in [0.05, 0.1) is 18.0 Å². The zero-order valence-corrected chi connectivity index (χ0v) is 15.7. The third kappa shape index (κ3) is 3.94. The minimum absolute atomic E-state index is 0.0543. The molecule has 2 aromatic carbocycles. The van der Waals surface area contributed by atoms with Gasteiger partial charge in [-0.05, 0) is 60.2 Å². The number of Topliss-reactive ketones (excluding diaryl/α,β-unsaturated/α-hetero) is 1. The maximum Gasteiger partial charge on any atom is 0.214 e. The second-order valence-electron chi connectivity index (χ2n) is 5.82. The van der Waals surface area contributed by atoms with E-state index in [0.29, 0.717) is 17.1 Å². The van der Waals surface area contributed by atoms with Crippen molar-refractivity contribution in [2.75, 3.05) is 7.11 Å². The van der Waals surface area contributed by atoms with Crippen LogP contribution in [0, 0.1) is 6.92 Å². The molecule has 0 amide bonds. The van der Waals surface area contributed by atoms with Gasteiger partial charge in [-0.1, -0.05) is 36.4 Å². The Labute approximate surface area is 156 Å². The highest BCUT2D eigenvalue weighted by Gasteiger charge is 2.23. The van der Waals surface area contributed by atoms with Crippen LogP contribution in [0.4, 0.5) is 0 Å².